The fraction of sp³-hybridized carbons (Fsp3) is 0.355. The Morgan fingerprint density at radius 3 is 2.26 bits per heavy atom. The number of methoxy groups -OCH3 is 1. The van der Waals surface area contributed by atoms with E-state index in [9.17, 15) is 13.5 Å². The molecule has 5 N–H and O–H groups in total. The van der Waals surface area contributed by atoms with Gasteiger partial charge in [0, 0.05) is 44.6 Å². The number of piperidine rings is 1. The average Bonchev–Trinajstić information content (AvgIpc) is 3.03. The molecule has 2 heterocycles. The van der Waals surface area contributed by atoms with Crippen molar-refractivity contribution in [3.05, 3.63) is 83.4 Å². The molecule has 12 heteroatoms. The molecule has 0 aliphatic carbocycles. The fourth-order valence-electron chi connectivity index (χ4n) is 5.52. The highest BCUT2D eigenvalue weighted by molar-refractivity contribution is 7.92. The van der Waals surface area contributed by atoms with E-state index in [0.29, 0.717) is 49.9 Å². The van der Waals surface area contributed by atoms with Gasteiger partial charge in [-0.2, -0.15) is 0 Å². The summed E-state index contributed by atoms with van der Waals surface area (Å²) in [6.45, 7) is 2.00. The molecule has 43 heavy (non-hydrogen) atoms. The maximum atomic E-state index is 13.7. The van der Waals surface area contributed by atoms with Gasteiger partial charge in [0.05, 0.1) is 30.8 Å². The summed E-state index contributed by atoms with van der Waals surface area (Å²) >= 11 is 0. The molecule has 0 unspecified atom stereocenters. The van der Waals surface area contributed by atoms with Crippen LogP contribution in [0.4, 0.5) is 5.69 Å². The van der Waals surface area contributed by atoms with Crippen LogP contribution in [0.5, 0.6) is 11.5 Å². The number of guanidine groups is 1. The predicted octanol–water partition coefficient (Wildman–Crippen LogP) is 3.00. The van der Waals surface area contributed by atoms with Crippen molar-refractivity contribution in [3.63, 3.8) is 0 Å². The largest absolute Gasteiger partial charge is 0.497 e. The van der Waals surface area contributed by atoms with E-state index in [1.165, 1.54) is 16.4 Å². The highest BCUT2D eigenvalue weighted by Crippen LogP contribution is 2.30. The molecule has 0 amide bonds. The number of aliphatic hydroxyl groups is 1. The Morgan fingerprint density at radius 1 is 0.953 bits per heavy atom. The molecule has 0 aromatic heterocycles. The number of hydrogen-bond donors (Lipinski definition) is 4. The second-order valence-electron chi connectivity index (χ2n) is 10.7. The van der Waals surface area contributed by atoms with Crippen molar-refractivity contribution in [1.29, 1.82) is 10.8 Å². The Bertz CT molecular complexity index is 1550. The van der Waals surface area contributed by atoms with Gasteiger partial charge in [-0.3, -0.25) is 15.1 Å². The molecule has 0 saturated carbocycles. The number of nitrogens with zero attached hydrogens (tertiary/aromatic N) is 3. The first-order valence-corrected chi connectivity index (χ1v) is 15.7. The first-order chi connectivity index (χ1) is 20.7. The second kappa shape index (κ2) is 12.9. The number of fused-ring (bicyclic) bond motifs is 1. The number of ether oxygens (including phenoxy) is 2. The molecular formula is C31H38N6O5S. The van der Waals surface area contributed by atoms with Gasteiger partial charge < -0.3 is 30.1 Å². The smallest absolute Gasteiger partial charge is 0.264 e. The van der Waals surface area contributed by atoms with Crippen LogP contribution in [0, 0.1) is 10.8 Å². The molecule has 3 aromatic rings. The van der Waals surface area contributed by atoms with Crippen molar-refractivity contribution in [2.45, 2.75) is 36.8 Å². The fourth-order valence-corrected chi connectivity index (χ4v) is 6.97. The molecule has 1 saturated heterocycles. The van der Waals surface area contributed by atoms with Crippen molar-refractivity contribution < 1.29 is 23.0 Å². The summed E-state index contributed by atoms with van der Waals surface area (Å²) < 4.78 is 40.0. The number of aliphatic hydroxyl groups excluding tert-OH is 1. The second-order valence-corrected chi connectivity index (χ2v) is 12.5. The minimum atomic E-state index is -3.97. The van der Waals surface area contributed by atoms with Crippen LogP contribution in [0.1, 0.15) is 29.5 Å². The maximum absolute atomic E-state index is 13.7. The van der Waals surface area contributed by atoms with Crippen LogP contribution in [0.3, 0.4) is 0 Å². The standard InChI is InChI=1S/C31H38N6O5S/c1-41-26-6-3-23(4-7-26)30(32)35-16-13-28(14-17-35)42-27-8-10-29(11-9-27)43(39,40)37(18-19-38)25-5-2-22-12-15-36(31(33)34)21-24(22)20-25/h2-11,20,28,32,38H,12-19,21H2,1H3,(H3,33,34). The summed E-state index contributed by atoms with van der Waals surface area (Å²) in [5.41, 5.74) is 8.96. The zero-order valence-corrected chi connectivity index (χ0v) is 25.0. The van der Waals surface area contributed by atoms with Gasteiger partial charge in [0.2, 0.25) is 0 Å². The van der Waals surface area contributed by atoms with E-state index in [1.54, 1.807) is 36.3 Å². The molecular weight excluding hydrogens is 568 g/mol. The Balaban J connectivity index is 1.23. The van der Waals surface area contributed by atoms with Gasteiger partial charge >= 0.3 is 0 Å². The van der Waals surface area contributed by atoms with Crippen LogP contribution in [-0.4, -0.2) is 81.1 Å². The van der Waals surface area contributed by atoms with E-state index in [1.807, 2.05) is 35.2 Å². The number of sulfonamides is 1. The van der Waals surface area contributed by atoms with E-state index < -0.39 is 10.0 Å². The van der Waals surface area contributed by atoms with Crippen molar-refractivity contribution in [1.82, 2.24) is 9.80 Å². The summed E-state index contributed by atoms with van der Waals surface area (Å²) in [7, 11) is -2.35. The van der Waals surface area contributed by atoms with Crippen molar-refractivity contribution in [3.8, 4) is 11.5 Å². The molecule has 2 aliphatic rings. The van der Waals surface area contributed by atoms with Crippen LogP contribution >= 0.6 is 0 Å². The SMILES string of the molecule is COc1ccc(C(=N)N2CCC(Oc3ccc(S(=O)(=O)N(CCO)c4ccc5c(c4)CN(C(=N)N)CC5)cc3)CC2)cc1. The first kappa shape index (κ1) is 30.2. The van der Waals surface area contributed by atoms with Gasteiger partial charge in [0.1, 0.15) is 23.4 Å². The number of benzene rings is 3. The van der Waals surface area contributed by atoms with E-state index in [2.05, 4.69) is 0 Å². The monoisotopic (exact) mass is 606 g/mol. The normalized spacial score (nSPS) is 15.5. The Morgan fingerprint density at radius 2 is 1.63 bits per heavy atom. The Hall–Kier alpha value is -4.29. The Labute approximate surface area is 252 Å². The van der Waals surface area contributed by atoms with Crippen molar-refractivity contribution >= 4 is 27.5 Å². The molecule has 2 aliphatic heterocycles. The molecule has 0 bridgehead atoms. The topological polar surface area (TPSA) is 156 Å². The third-order valence-corrected chi connectivity index (χ3v) is 9.81. The number of amidine groups is 1. The van der Waals surface area contributed by atoms with Crippen LogP contribution in [0.25, 0.3) is 0 Å². The minimum absolute atomic E-state index is 0.0169. The number of nitrogens with one attached hydrogen (secondary N) is 2. The van der Waals surface area contributed by atoms with Crippen molar-refractivity contribution in [2.75, 3.05) is 44.2 Å². The molecule has 0 spiro atoms. The quantitative estimate of drug-likeness (QED) is 0.214. The number of hydrogen-bond acceptors (Lipinski definition) is 7. The lowest BCUT2D eigenvalue weighted by atomic mass is 9.99. The van der Waals surface area contributed by atoms with Gasteiger partial charge in [-0.05, 0) is 78.2 Å². The van der Waals surface area contributed by atoms with E-state index in [-0.39, 0.29) is 30.1 Å². The van der Waals surface area contributed by atoms with E-state index >= 15 is 0 Å². The molecule has 0 atom stereocenters. The molecule has 3 aromatic carbocycles. The molecule has 228 valence electrons. The molecule has 11 nitrogen and oxygen atoms in total. The number of rotatable bonds is 9. The zero-order chi connectivity index (χ0) is 30.6. The maximum Gasteiger partial charge on any atom is 0.264 e. The third kappa shape index (κ3) is 6.70. The molecule has 1 fully saturated rings. The van der Waals surface area contributed by atoms with Gasteiger partial charge in [0.25, 0.3) is 10.0 Å². The average molecular weight is 607 g/mol. The Kier molecular flexibility index (Phi) is 9.07. The summed E-state index contributed by atoms with van der Waals surface area (Å²) in [5.74, 6) is 1.79. The van der Waals surface area contributed by atoms with Crippen LogP contribution in [0.15, 0.2) is 71.6 Å². The van der Waals surface area contributed by atoms with E-state index in [0.717, 1.165) is 35.3 Å². The number of anilines is 1. The lowest BCUT2D eigenvalue weighted by molar-refractivity contribution is 0.131. The van der Waals surface area contributed by atoms with Crippen molar-refractivity contribution in [2.24, 2.45) is 5.73 Å². The number of nitrogens with two attached hydrogens (primary N) is 1. The summed E-state index contributed by atoms with van der Waals surface area (Å²) in [6.07, 6.45) is 2.15. The van der Waals surface area contributed by atoms with Crippen LogP contribution in [0.2, 0.25) is 0 Å². The lowest BCUT2D eigenvalue weighted by Crippen LogP contribution is -2.41. The number of likely N-dealkylation sites (tertiary alicyclic amines) is 1. The van der Waals surface area contributed by atoms with Crippen LogP contribution in [-0.2, 0) is 23.0 Å². The lowest BCUT2D eigenvalue weighted by Gasteiger charge is -2.34. The van der Waals surface area contributed by atoms with Gasteiger partial charge in [-0.1, -0.05) is 6.07 Å². The molecule has 5 rings (SSSR count). The van der Waals surface area contributed by atoms with Gasteiger partial charge in [0.15, 0.2) is 5.96 Å². The zero-order valence-electron chi connectivity index (χ0n) is 24.2. The highest BCUT2D eigenvalue weighted by Gasteiger charge is 2.27. The highest BCUT2D eigenvalue weighted by atomic mass is 32.2. The first-order valence-electron chi connectivity index (χ1n) is 14.3. The predicted molar refractivity (Wildman–Crippen MR) is 166 cm³/mol. The van der Waals surface area contributed by atoms with E-state index in [4.69, 9.17) is 26.0 Å². The summed E-state index contributed by atoms with van der Waals surface area (Å²) in [4.78, 5) is 3.87. The van der Waals surface area contributed by atoms with Crippen LogP contribution < -0.4 is 19.5 Å². The summed E-state index contributed by atoms with van der Waals surface area (Å²) in [6, 6.07) is 19.3. The van der Waals surface area contributed by atoms with Gasteiger partial charge in [-0.25, -0.2) is 8.42 Å². The minimum Gasteiger partial charge on any atom is -0.497 e. The van der Waals surface area contributed by atoms with Gasteiger partial charge in [-0.15, -0.1) is 0 Å². The summed E-state index contributed by atoms with van der Waals surface area (Å²) in [5, 5.41) is 26.1. The third-order valence-electron chi connectivity index (χ3n) is 7.97. The molecule has 0 radical (unpaired) electrons.